The molecule has 2 aromatic carbocycles. The van der Waals surface area contributed by atoms with Crippen LogP contribution in [0.1, 0.15) is 24.5 Å². The molecule has 0 radical (unpaired) electrons. The van der Waals surface area contributed by atoms with E-state index in [0.717, 1.165) is 35.3 Å². The third-order valence-electron chi connectivity index (χ3n) is 5.80. The lowest BCUT2D eigenvalue weighted by Gasteiger charge is -2.31. The van der Waals surface area contributed by atoms with E-state index >= 15 is 0 Å². The Kier molecular flexibility index (Phi) is 7.99. The van der Waals surface area contributed by atoms with E-state index in [2.05, 4.69) is 50.5 Å². The van der Waals surface area contributed by atoms with E-state index in [1.54, 1.807) is 13.4 Å². The van der Waals surface area contributed by atoms with Crippen LogP contribution >= 0.6 is 0 Å². The molecule has 1 atom stereocenters. The molecular weight excluding hydrogens is 416 g/mol. The van der Waals surface area contributed by atoms with Crippen LogP contribution < -0.4 is 14.9 Å². The molecule has 4 nitrogen and oxygen atoms in total. The summed E-state index contributed by atoms with van der Waals surface area (Å²) in [6, 6.07) is 20.0. The summed E-state index contributed by atoms with van der Waals surface area (Å²) in [6.07, 6.45) is 3.28. The van der Waals surface area contributed by atoms with Gasteiger partial charge in [0.25, 0.3) is 0 Å². The van der Waals surface area contributed by atoms with Crippen molar-refractivity contribution in [3.8, 4) is 11.5 Å². The molecule has 0 saturated heterocycles. The number of benzene rings is 2. The van der Waals surface area contributed by atoms with Gasteiger partial charge in [-0.1, -0.05) is 49.1 Å². The summed E-state index contributed by atoms with van der Waals surface area (Å²) < 4.78 is 23.7. The van der Waals surface area contributed by atoms with Crippen LogP contribution in [0.25, 0.3) is 0 Å². The number of methoxy groups -OCH3 is 1. The molecule has 170 valence electrons. The minimum absolute atomic E-state index is 0.410. The second-order valence-corrected chi connectivity index (χ2v) is 13.2. The van der Waals surface area contributed by atoms with Crippen LogP contribution in [-0.4, -0.2) is 27.4 Å². The highest BCUT2D eigenvalue weighted by atomic mass is 28.3. The fourth-order valence-corrected chi connectivity index (χ4v) is 5.19. The fourth-order valence-electron chi connectivity index (χ4n) is 3.64. The van der Waals surface area contributed by atoms with Crippen LogP contribution in [0.4, 0.5) is 0 Å². The quantitative estimate of drug-likeness (QED) is 0.321. The van der Waals surface area contributed by atoms with Gasteiger partial charge in [-0.25, -0.2) is 0 Å². The molecule has 0 aliphatic rings. The van der Waals surface area contributed by atoms with E-state index in [4.69, 9.17) is 18.6 Å². The monoisotopic (exact) mass is 450 g/mol. The molecule has 0 saturated carbocycles. The summed E-state index contributed by atoms with van der Waals surface area (Å²) in [5, 5.41) is 1.07. The van der Waals surface area contributed by atoms with Crippen LogP contribution in [-0.2, 0) is 17.8 Å². The van der Waals surface area contributed by atoms with Gasteiger partial charge in [-0.2, -0.15) is 0 Å². The maximum atomic E-state index is 6.51. The molecule has 0 aliphatic heterocycles. The molecule has 5 heteroatoms. The summed E-state index contributed by atoms with van der Waals surface area (Å²) in [4.78, 5) is 0. The van der Waals surface area contributed by atoms with Gasteiger partial charge in [0.15, 0.2) is 0 Å². The highest BCUT2D eigenvalue weighted by molar-refractivity contribution is 6.93. The molecule has 0 fully saturated rings. The van der Waals surface area contributed by atoms with Gasteiger partial charge in [0, 0.05) is 12.8 Å². The van der Waals surface area contributed by atoms with Crippen LogP contribution in [0, 0.1) is 0 Å². The van der Waals surface area contributed by atoms with E-state index in [-0.39, 0.29) is 0 Å². The minimum atomic E-state index is -1.83. The van der Waals surface area contributed by atoms with Crippen LogP contribution in [0.5, 0.6) is 11.5 Å². The molecule has 0 aliphatic carbocycles. The largest absolute Gasteiger partial charge is 0.497 e. The first kappa shape index (κ1) is 23.9. The van der Waals surface area contributed by atoms with E-state index < -0.39 is 13.7 Å². The molecule has 3 aromatic rings. The summed E-state index contributed by atoms with van der Waals surface area (Å²) >= 11 is 0. The Labute approximate surface area is 192 Å². The molecule has 0 amide bonds. The summed E-state index contributed by atoms with van der Waals surface area (Å²) in [6.45, 7) is 11.8. The zero-order valence-corrected chi connectivity index (χ0v) is 20.6. The Hall–Kier alpha value is -2.76. The zero-order valence-electron chi connectivity index (χ0n) is 19.6. The summed E-state index contributed by atoms with van der Waals surface area (Å²) in [7, 11) is -0.168. The number of rotatable bonds is 12. The first-order valence-corrected chi connectivity index (χ1v) is 14.1. The second-order valence-electron chi connectivity index (χ2n) is 8.88. The van der Waals surface area contributed by atoms with Gasteiger partial charge in [-0.05, 0) is 48.4 Å². The van der Waals surface area contributed by atoms with E-state index in [0.29, 0.717) is 13.2 Å². The van der Waals surface area contributed by atoms with Crippen molar-refractivity contribution in [1.29, 1.82) is 0 Å². The Balaban J connectivity index is 1.73. The average Bonchev–Trinajstić information content (AvgIpc) is 3.28. The predicted octanol–water partition coefficient (Wildman–Crippen LogP) is 5.92. The SMILES string of the molecule is C=C[Si](C)(C)c1occc1C[C@](C)(CCOc1ccc(OC)cc1)OCc1ccccc1. The van der Waals surface area contributed by atoms with Gasteiger partial charge in [0.1, 0.15) is 19.6 Å². The molecule has 0 spiro atoms. The summed E-state index contributed by atoms with van der Waals surface area (Å²) in [5.74, 6) is 1.63. The van der Waals surface area contributed by atoms with Crippen molar-refractivity contribution in [3.05, 3.63) is 90.3 Å². The molecular formula is C27H34O4Si. The molecule has 32 heavy (non-hydrogen) atoms. The Morgan fingerprint density at radius 2 is 1.69 bits per heavy atom. The average molecular weight is 451 g/mol. The number of hydrogen-bond acceptors (Lipinski definition) is 4. The van der Waals surface area contributed by atoms with Crippen LogP contribution in [0.2, 0.25) is 13.1 Å². The maximum Gasteiger partial charge on any atom is 0.149 e. The predicted molar refractivity (Wildman–Crippen MR) is 132 cm³/mol. The van der Waals surface area contributed by atoms with Gasteiger partial charge in [0.05, 0.1) is 37.6 Å². The van der Waals surface area contributed by atoms with Crippen molar-refractivity contribution in [2.45, 2.75) is 45.1 Å². The van der Waals surface area contributed by atoms with Crippen molar-refractivity contribution < 1.29 is 18.6 Å². The van der Waals surface area contributed by atoms with Gasteiger partial charge in [0.2, 0.25) is 0 Å². The molecule has 0 N–H and O–H groups in total. The van der Waals surface area contributed by atoms with Crippen molar-refractivity contribution >= 4 is 13.5 Å². The van der Waals surface area contributed by atoms with Gasteiger partial charge >= 0.3 is 0 Å². The Bertz CT molecular complexity index is 978. The van der Waals surface area contributed by atoms with Crippen molar-refractivity contribution in [3.63, 3.8) is 0 Å². The Morgan fingerprint density at radius 1 is 1.00 bits per heavy atom. The smallest absolute Gasteiger partial charge is 0.149 e. The van der Waals surface area contributed by atoms with Gasteiger partial charge < -0.3 is 18.6 Å². The molecule has 1 heterocycles. The van der Waals surface area contributed by atoms with Gasteiger partial charge in [-0.3, -0.25) is 0 Å². The summed E-state index contributed by atoms with van der Waals surface area (Å²) in [5.41, 5.74) is 4.00. The second kappa shape index (κ2) is 10.7. The molecule has 1 aromatic heterocycles. The normalized spacial score (nSPS) is 13.4. The Morgan fingerprint density at radius 3 is 2.34 bits per heavy atom. The topological polar surface area (TPSA) is 40.8 Å². The molecule has 0 unspecified atom stereocenters. The van der Waals surface area contributed by atoms with E-state index in [9.17, 15) is 0 Å². The molecule has 3 rings (SSSR count). The molecule has 0 bridgehead atoms. The van der Waals surface area contributed by atoms with Crippen LogP contribution in [0.3, 0.4) is 0 Å². The lowest BCUT2D eigenvalue weighted by molar-refractivity contribution is -0.0549. The van der Waals surface area contributed by atoms with E-state index in [1.165, 1.54) is 5.56 Å². The first-order valence-electron chi connectivity index (χ1n) is 11.0. The highest BCUT2D eigenvalue weighted by Crippen LogP contribution is 2.26. The number of furan rings is 1. The number of ether oxygens (including phenoxy) is 3. The van der Waals surface area contributed by atoms with Gasteiger partial charge in [-0.15, -0.1) is 6.58 Å². The number of hydrogen-bond donors (Lipinski definition) is 0. The maximum absolute atomic E-state index is 6.51. The van der Waals surface area contributed by atoms with Crippen molar-refractivity contribution in [1.82, 2.24) is 0 Å². The van der Waals surface area contributed by atoms with Crippen LogP contribution in [0.15, 0.2) is 83.6 Å². The zero-order chi connectivity index (χ0) is 23.0. The van der Waals surface area contributed by atoms with Crippen molar-refractivity contribution in [2.24, 2.45) is 0 Å². The van der Waals surface area contributed by atoms with Crippen molar-refractivity contribution in [2.75, 3.05) is 13.7 Å². The highest BCUT2D eigenvalue weighted by Gasteiger charge is 2.32. The standard InChI is InChI=1S/C27H34O4Si/c1-6-32(4,5)26-23(16-18-30-26)20-27(2,31-21-22-10-8-7-9-11-22)17-19-29-25-14-12-24(28-3)13-15-25/h6-16,18H,1,17,19-21H2,2-5H3/t27-/m0/s1. The lowest BCUT2D eigenvalue weighted by Crippen LogP contribution is -2.43. The third-order valence-corrected chi connectivity index (χ3v) is 8.43. The fraction of sp³-hybridized carbons (Fsp3) is 0.333. The third kappa shape index (κ3) is 6.37. The van der Waals surface area contributed by atoms with E-state index in [1.807, 2.05) is 42.5 Å². The lowest BCUT2D eigenvalue weighted by atomic mass is 9.94. The minimum Gasteiger partial charge on any atom is -0.497 e. The first-order chi connectivity index (χ1) is 15.3.